The molecule has 0 radical (unpaired) electrons. The maximum atomic E-state index is 13.4. The molecular weight excluding hydrogens is 275 g/mol. The van der Waals surface area contributed by atoms with Crippen molar-refractivity contribution in [1.29, 1.82) is 0 Å². The van der Waals surface area contributed by atoms with Crippen molar-refractivity contribution in [2.24, 2.45) is 11.3 Å². The second-order valence-corrected chi connectivity index (χ2v) is 7.10. The Bertz CT molecular complexity index is 614. The van der Waals surface area contributed by atoms with E-state index in [1.54, 1.807) is 6.07 Å². The summed E-state index contributed by atoms with van der Waals surface area (Å²) in [7, 11) is 0. The average Bonchev–Trinajstić information content (AvgIpc) is 2.66. The van der Waals surface area contributed by atoms with Gasteiger partial charge in [-0.25, -0.2) is 9.37 Å². The highest BCUT2D eigenvalue weighted by Crippen LogP contribution is 2.33. The second-order valence-electron chi connectivity index (χ2n) is 6.45. The van der Waals surface area contributed by atoms with E-state index in [1.807, 2.05) is 6.92 Å². The smallest absolute Gasteiger partial charge is 0.127 e. The Morgan fingerprint density at radius 2 is 1.95 bits per heavy atom. The fourth-order valence-electron chi connectivity index (χ4n) is 2.18. The van der Waals surface area contributed by atoms with Gasteiger partial charge in [-0.15, -0.1) is 11.6 Å². The molecule has 1 unspecified atom stereocenters. The number of hydrogen-bond donors (Lipinski definition) is 0. The Balaban J connectivity index is 2.57. The van der Waals surface area contributed by atoms with Crippen LogP contribution in [0.25, 0.3) is 11.0 Å². The average molecular weight is 297 g/mol. The minimum Gasteiger partial charge on any atom is -0.326 e. The number of rotatable bonds is 4. The molecule has 0 aliphatic rings. The SMILES string of the molecule is CC(Cl)c1nc2cc(F)ccc2n1CC(C)(C)C(C)C. The number of nitrogens with zero attached hydrogens (tertiary/aromatic N) is 2. The summed E-state index contributed by atoms with van der Waals surface area (Å²) < 4.78 is 15.5. The Hall–Kier alpha value is -1.09. The Morgan fingerprint density at radius 1 is 1.30 bits per heavy atom. The van der Waals surface area contributed by atoms with Crippen LogP contribution < -0.4 is 0 Å². The zero-order valence-electron chi connectivity index (χ0n) is 12.7. The molecule has 20 heavy (non-hydrogen) atoms. The van der Waals surface area contributed by atoms with E-state index in [9.17, 15) is 4.39 Å². The lowest BCUT2D eigenvalue weighted by atomic mass is 9.81. The van der Waals surface area contributed by atoms with E-state index < -0.39 is 0 Å². The number of aromatic nitrogens is 2. The van der Waals surface area contributed by atoms with E-state index in [0.29, 0.717) is 11.4 Å². The summed E-state index contributed by atoms with van der Waals surface area (Å²) in [5, 5.41) is -0.201. The van der Waals surface area contributed by atoms with Crippen LogP contribution in [0.3, 0.4) is 0 Å². The number of hydrogen-bond acceptors (Lipinski definition) is 1. The van der Waals surface area contributed by atoms with E-state index >= 15 is 0 Å². The maximum absolute atomic E-state index is 13.4. The topological polar surface area (TPSA) is 17.8 Å². The summed E-state index contributed by atoms with van der Waals surface area (Å²) in [6.07, 6.45) is 0. The first-order valence-electron chi connectivity index (χ1n) is 7.02. The van der Waals surface area contributed by atoms with Crippen molar-refractivity contribution < 1.29 is 4.39 Å². The highest BCUT2D eigenvalue weighted by atomic mass is 35.5. The Kier molecular flexibility index (Phi) is 4.10. The third-order valence-electron chi connectivity index (χ3n) is 4.22. The highest BCUT2D eigenvalue weighted by molar-refractivity contribution is 6.20. The standard InChI is InChI=1S/C16H22ClFN2/c1-10(2)16(4,5)9-20-14-7-6-12(18)8-13(14)19-15(20)11(3)17/h6-8,10-11H,9H2,1-5H3. The molecule has 1 heterocycles. The normalized spacial score (nSPS) is 14.2. The first kappa shape index (κ1) is 15.3. The minimum absolute atomic E-state index is 0.114. The Labute approximate surface area is 125 Å². The number of fused-ring (bicyclic) bond motifs is 1. The van der Waals surface area contributed by atoms with Gasteiger partial charge in [-0.3, -0.25) is 0 Å². The van der Waals surface area contributed by atoms with E-state index in [0.717, 1.165) is 17.9 Å². The first-order chi connectivity index (χ1) is 9.22. The summed E-state index contributed by atoms with van der Waals surface area (Å²) in [5.74, 6) is 1.07. The van der Waals surface area contributed by atoms with Gasteiger partial charge in [0.15, 0.2) is 0 Å². The summed E-state index contributed by atoms with van der Waals surface area (Å²) >= 11 is 6.25. The molecule has 0 aliphatic carbocycles. The number of imidazole rings is 1. The molecular formula is C16H22ClFN2. The molecule has 1 atom stereocenters. The molecule has 110 valence electrons. The molecule has 0 N–H and O–H groups in total. The maximum Gasteiger partial charge on any atom is 0.127 e. The van der Waals surface area contributed by atoms with E-state index in [1.165, 1.54) is 12.1 Å². The van der Waals surface area contributed by atoms with Crippen LogP contribution in [0.2, 0.25) is 0 Å². The lowest BCUT2D eigenvalue weighted by Crippen LogP contribution is -2.26. The van der Waals surface area contributed by atoms with E-state index in [4.69, 9.17) is 11.6 Å². The molecule has 1 aromatic heterocycles. The molecule has 0 amide bonds. The van der Waals surface area contributed by atoms with Crippen LogP contribution in [-0.4, -0.2) is 9.55 Å². The van der Waals surface area contributed by atoms with Crippen LogP contribution in [0.1, 0.15) is 45.8 Å². The van der Waals surface area contributed by atoms with Crippen molar-refractivity contribution in [3.63, 3.8) is 0 Å². The molecule has 0 spiro atoms. The van der Waals surface area contributed by atoms with Gasteiger partial charge >= 0.3 is 0 Å². The zero-order chi connectivity index (χ0) is 15.1. The molecule has 0 bridgehead atoms. The van der Waals surface area contributed by atoms with Crippen molar-refractivity contribution in [3.8, 4) is 0 Å². The minimum atomic E-state index is -0.265. The molecule has 0 fully saturated rings. The van der Waals surface area contributed by atoms with Crippen LogP contribution >= 0.6 is 11.6 Å². The molecule has 4 heteroatoms. The monoisotopic (exact) mass is 296 g/mol. The van der Waals surface area contributed by atoms with Gasteiger partial charge in [-0.2, -0.15) is 0 Å². The zero-order valence-corrected chi connectivity index (χ0v) is 13.5. The molecule has 2 nitrogen and oxygen atoms in total. The van der Waals surface area contributed by atoms with Crippen LogP contribution in [-0.2, 0) is 6.54 Å². The number of alkyl halides is 1. The van der Waals surface area contributed by atoms with E-state index in [2.05, 4.69) is 37.2 Å². The molecule has 2 rings (SSSR count). The number of benzene rings is 1. The quantitative estimate of drug-likeness (QED) is 0.713. The summed E-state index contributed by atoms with van der Waals surface area (Å²) in [5.41, 5.74) is 1.73. The lowest BCUT2D eigenvalue weighted by Gasteiger charge is -2.31. The van der Waals surface area contributed by atoms with Crippen LogP contribution in [0.4, 0.5) is 4.39 Å². The van der Waals surface area contributed by atoms with Gasteiger partial charge in [0.2, 0.25) is 0 Å². The summed E-state index contributed by atoms with van der Waals surface area (Å²) in [6, 6.07) is 4.74. The largest absolute Gasteiger partial charge is 0.326 e. The van der Waals surface area contributed by atoms with Gasteiger partial charge in [0, 0.05) is 12.6 Å². The molecule has 0 saturated carbocycles. The third kappa shape index (κ3) is 2.83. The second kappa shape index (κ2) is 5.36. The fourth-order valence-corrected chi connectivity index (χ4v) is 2.35. The van der Waals surface area contributed by atoms with Gasteiger partial charge < -0.3 is 4.57 Å². The van der Waals surface area contributed by atoms with Gasteiger partial charge in [0.1, 0.15) is 11.6 Å². The predicted octanol–water partition coefficient (Wildman–Crippen LogP) is 5.16. The summed E-state index contributed by atoms with van der Waals surface area (Å²) in [6.45, 7) is 11.6. The van der Waals surface area contributed by atoms with Crippen molar-refractivity contribution in [2.45, 2.75) is 46.5 Å². The van der Waals surface area contributed by atoms with E-state index in [-0.39, 0.29) is 16.6 Å². The van der Waals surface area contributed by atoms with Crippen molar-refractivity contribution >= 4 is 22.6 Å². The first-order valence-corrected chi connectivity index (χ1v) is 7.46. The molecule has 0 aliphatic heterocycles. The molecule has 2 aromatic rings. The Morgan fingerprint density at radius 3 is 2.50 bits per heavy atom. The van der Waals surface area contributed by atoms with Gasteiger partial charge in [0.25, 0.3) is 0 Å². The van der Waals surface area contributed by atoms with Crippen molar-refractivity contribution in [2.75, 3.05) is 0 Å². The van der Waals surface area contributed by atoms with Crippen molar-refractivity contribution in [3.05, 3.63) is 29.8 Å². The third-order valence-corrected chi connectivity index (χ3v) is 4.42. The van der Waals surface area contributed by atoms with Crippen LogP contribution in [0, 0.1) is 17.2 Å². The molecule has 1 aromatic carbocycles. The van der Waals surface area contributed by atoms with Crippen molar-refractivity contribution in [1.82, 2.24) is 9.55 Å². The van der Waals surface area contributed by atoms with Crippen LogP contribution in [0.5, 0.6) is 0 Å². The van der Waals surface area contributed by atoms with Crippen LogP contribution in [0.15, 0.2) is 18.2 Å². The number of halogens is 2. The van der Waals surface area contributed by atoms with Gasteiger partial charge in [0.05, 0.1) is 16.4 Å². The summed E-state index contributed by atoms with van der Waals surface area (Å²) in [4.78, 5) is 4.51. The predicted molar refractivity (Wildman–Crippen MR) is 82.6 cm³/mol. The lowest BCUT2D eigenvalue weighted by molar-refractivity contribution is 0.210. The van der Waals surface area contributed by atoms with Gasteiger partial charge in [-0.05, 0) is 30.4 Å². The van der Waals surface area contributed by atoms with Gasteiger partial charge in [-0.1, -0.05) is 27.7 Å². The highest BCUT2D eigenvalue weighted by Gasteiger charge is 2.26. The molecule has 0 saturated heterocycles. The fraction of sp³-hybridized carbons (Fsp3) is 0.562.